The second-order valence-electron chi connectivity index (χ2n) is 4.29. The molecule has 0 aliphatic heterocycles. The molecular formula is C13H16N2O3S2. The first kappa shape index (κ1) is 15.0. The van der Waals surface area contributed by atoms with Crippen LogP contribution in [0.15, 0.2) is 40.5 Å². The SMILES string of the molecule is C=CCNS(=O)(=O)c1ccc2c(c1)sc(=O)n2CCC. The number of fused-ring (bicyclic) bond motifs is 1. The van der Waals surface area contributed by atoms with Gasteiger partial charge in [0.15, 0.2) is 0 Å². The van der Waals surface area contributed by atoms with Crippen molar-refractivity contribution in [3.05, 3.63) is 40.5 Å². The van der Waals surface area contributed by atoms with Gasteiger partial charge in [0.1, 0.15) is 0 Å². The standard InChI is InChI=1S/C13H16N2O3S2/c1-3-7-14-20(17,18)10-5-6-11-12(9-10)19-13(16)15(11)8-4-2/h3,5-6,9,14H,1,4,7-8H2,2H3. The lowest BCUT2D eigenvalue weighted by Crippen LogP contribution is -2.23. The molecule has 0 unspecified atom stereocenters. The first-order chi connectivity index (χ1) is 9.49. The topological polar surface area (TPSA) is 68.2 Å². The van der Waals surface area contributed by atoms with E-state index in [0.717, 1.165) is 23.3 Å². The maximum atomic E-state index is 12.0. The lowest BCUT2D eigenvalue weighted by atomic mass is 10.3. The number of benzene rings is 1. The van der Waals surface area contributed by atoms with Crippen LogP contribution in [-0.4, -0.2) is 19.5 Å². The van der Waals surface area contributed by atoms with Gasteiger partial charge in [-0.15, -0.1) is 6.58 Å². The number of nitrogens with one attached hydrogen (secondary N) is 1. The lowest BCUT2D eigenvalue weighted by molar-refractivity contribution is 0.586. The molecule has 1 N–H and O–H groups in total. The van der Waals surface area contributed by atoms with E-state index >= 15 is 0 Å². The summed E-state index contributed by atoms with van der Waals surface area (Å²) in [6.45, 7) is 6.28. The van der Waals surface area contributed by atoms with Crippen LogP contribution < -0.4 is 9.60 Å². The summed E-state index contributed by atoms with van der Waals surface area (Å²) in [5.74, 6) is 0. The minimum absolute atomic E-state index is 0.0598. The lowest BCUT2D eigenvalue weighted by Gasteiger charge is -2.05. The molecule has 2 aromatic rings. The molecule has 1 aromatic carbocycles. The largest absolute Gasteiger partial charge is 0.308 e. The summed E-state index contributed by atoms with van der Waals surface area (Å²) in [4.78, 5) is 12.0. The average molecular weight is 312 g/mol. The second-order valence-corrected chi connectivity index (χ2v) is 7.05. The molecule has 7 heteroatoms. The van der Waals surface area contributed by atoms with Gasteiger partial charge in [-0.1, -0.05) is 24.3 Å². The first-order valence-electron chi connectivity index (χ1n) is 6.23. The fourth-order valence-corrected chi connectivity index (χ4v) is 3.96. The molecule has 0 saturated heterocycles. The predicted molar refractivity (Wildman–Crippen MR) is 81.8 cm³/mol. The molecule has 0 aliphatic rings. The van der Waals surface area contributed by atoms with Crippen molar-refractivity contribution in [3.63, 3.8) is 0 Å². The molecule has 20 heavy (non-hydrogen) atoms. The molecule has 1 heterocycles. The van der Waals surface area contributed by atoms with Crippen LogP contribution in [0.2, 0.25) is 0 Å². The van der Waals surface area contributed by atoms with E-state index in [-0.39, 0.29) is 16.3 Å². The van der Waals surface area contributed by atoms with Gasteiger partial charge in [0.2, 0.25) is 10.0 Å². The minimum Gasteiger partial charge on any atom is -0.299 e. The highest BCUT2D eigenvalue weighted by Crippen LogP contribution is 2.21. The number of nitrogens with zero attached hydrogens (tertiary/aromatic N) is 1. The quantitative estimate of drug-likeness (QED) is 0.829. The molecule has 0 radical (unpaired) electrons. The minimum atomic E-state index is -3.56. The van der Waals surface area contributed by atoms with Crippen LogP contribution in [0.3, 0.4) is 0 Å². The Morgan fingerprint density at radius 2 is 2.20 bits per heavy atom. The molecule has 1 aromatic heterocycles. The molecule has 108 valence electrons. The Morgan fingerprint density at radius 3 is 2.85 bits per heavy atom. The fraction of sp³-hybridized carbons (Fsp3) is 0.308. The van der Waals surface area contributed by atoms with Gasteiger partial charge in [-0.3, -0.25) is 9.36 Å². The van der Waals surface area contributed by atoms with Crippen molar-refractivity contribution >= 4 is 31.6 Å². The number of rotatable bonds is 6. The maximum Gasteiger partial charge on any atom is 0.308 e. The first-order valence-corrected chi connectivity index (χ1v) is 8.53. The zero-order valence-corrected chi connectivity index (χ0v) is 12.8. The normalized spacial score (nSPS) is 11.8. The highest BCUT2D eigenvalue weighted by Gasteiger charge is 2.15. The van der Waals surface area contributed by atoms with Crippen LogP contribution in [0.4, 0.5) is 0 Å². The number of aryl methyl sites for hydroxylation is 1. The Hall–Kier alpha value is -1.44. The van der Waals surface area contributed by atoms with E-state index in [1.807, 2.05) is 6.92 Å². The van der Waals surface area contributed by atoms with E-state index in [2.05, 4.69) is 11.3 Å². The van der Waals surface area contributed by atoms with Gasteiger partial charge < -0.3 is 0 Å². The number of hydrogen-bond acceptors (Lipinski definition) is 4. The smallest absolute Gasteiger partial charge is 0.299 e. The molecule has 0 saturated carbocycles. The van der Waals surface area contributed by atoms with Crippen LogP contribution in [-0.2, 0) is 16.6 Å². The average Bonchev–Trinajstić information content (AvgIpc) is 2.73. The van der Waals surface area contributed by atoms with Crippen molar-refractivity contribution in [3.8, 4) is 0 Å². The summed E-state index contributed by atoms with van der Waals surface area (Å²) >= 11 is 1.07. The zero-order valence-electron chi connectivity index (χ0n) is 11.1. The van der Waals surface area contributed by atoms with E-state index in [4.69, 9.17) is 0 Å². The van der Waals surface area contributed by atoms with Gasteiger partial charge in [-0.05, 0) is 24.6 Å². The second kappa shape index (κ2) is 5.90. The Kier molecular flexibility index (Phi) is 4.42. The number of aromatic nitrogens is 1. The molecule has 0 spiro atoms. The summed E-state index contributed by atoms with van der Waals surface area (Å²) < 4.78 is 28.8. The summed E-state index contributed by atoms with van der Waals surface area (Å²) in [7, 11) is -3.56. The van der Waals surface area contributed by atoms with Gasteiger partial charge in [-0.25, -0.2) is 13.1 Å². The van der Waals surface area contributed by atoms with Crippen LogP contribution in [0, 0.1) is 0 Å². The van der Waals surface area contributed by atoms with Crippen molar-refractivity contribution in [2.24, 2.45) is 0 Å². The summed E-state index contributed by atoms with van der Waals surface area (Å²) in [5, 5.41) is 0. The van der Waals surface area contributed by atoms with Crippen LogP contribution in [0.1, 0.15) is 13.3 Å². The van der Waals surface area contributed by atoms with Crippen molar-refractivity contribution < 1.29 is 8.42 Å². The third-order valence-electron chi connectivity index (χ3n) is 2.81. The molecule has 0 aliphatic carbocycles. The molecule has 0 amide bonds. The Balaban J connectivity index is 2.50. The van der Waals surface area contributed by atoms with Crippen LogP contribution in [0.5, 0.6) is 0 Å². The van der Waals surface area contributed by atoms with Gasteiger partial charge in [0, 0.05) is 13.1 Å². The van der Waals surface area contributed by atoms with Crippen LogP contribution in [0.25, 0.3) is 10.2 Å². The van der Waals surface area contributed by atoms with Gasteiger partial charge >= 0.3 is 4.87 Å². The van der Waals surface area contributed by atoms with Crippen molar-refractivity contribution in [1.29, 1.82) is 0 Å². The highest BCUT2D eigenvalue weighted by molar-refractivity contribution is 7.89. The van der Waals surface area contributed by atoms with Crippen molar-refractivity contribution in [1.82, 2.24) is 9.29 Å². The third-order valence-corrected chi connectivity index (χ3v) is 5.18. The van der Waals surface area contributed by atoms with Gasteiger partial charge in [0.25, 0.3) is 0 Å². The van der Waals surface area contributed by atoms with E-state index < -0.39 is 10.0 Å². The van der Waals surface area contributed by atoms with Gasteiger partial charge in [0.05, 0.1) is 15.1 Å². The van der Waals surface area contributed by atoms with Crippen molar-refractivity contribution in [2.45, 2.75) is 24.8 Å². The molecule has 0 fully saturated rings. The summed E-state index contributed by atoms with van der Waals surface area (Å²) in [6, 6.07) is 4.75. The van der Waals surface area contributed by atoms with E-state index in [1.54, 1.807) is 16.7 Å². The Bertz CT molecular complexity index is 788. The van der Waals surface area contributed by atoms with Crippen molar-refractivity contribution in [2.75, 3.05) is 6.54 Å². The van der Waals surface area contributed by atoms with Crippen LogP contribution >= 0.6 is 11.3 Å². The van der Waals surface area contributed by atoms with E-state index in [1.165, 1.54) is 12.1 Å². The third kappa shape index (κ3) is 2.84. The maximum absolute atomic E-state index is 12.0. The number of sulfonamides is 1. The monoisotopic (exact) mass is 312 g/mol. The van der Waals surface area contributed by atoms with Gasteiger partial charge in [-0.2, -0.15) is 0 Å². The van der Waals surface area contributed by atoms with E-state index in [0.29, 0.717) is 11.2 Å². The molecule has 5 nitrogen and oxygen atoms in total. The Morgan fingerprint density at radius 1 is 1.45 bits per heavy atom. The fourth-order valence-electron chi connectivity index (χ4n) is 1.90. The predicted octanol–water partition coefficient (Wildman–Crippen LogP) is 1.94. The molecule has 2 rings (SSSR count). The zero-order chi connectivity index (χ0) is 14.8. The van der Waals surface area contributed by atoms with E-state index in [9.17, 15) is 13.2 Å². The highest BCUT2D eigenvalue weighted by atomic mass is 32.2. The molecular weight excluding hydrogens is 296 g/mol. The Labute approximate surface area is 121 Å². The number of hydrogen-bond donors (Lipinski definition) is 1. The summed E-state index contributed by atoms with van der Waals surface area (Å²) in [6.07, 6.45) is 2.33. The molecule has 0 atom stereocenters. The summed E-state index contributed by atoms with van der Waals surface area (Å²) in [5.41, 5.74) is 0.782. The molecule has 0 bridgehead atoms. The number of thiazole rings is 1.